The van der Waals surface area contributed by atoms with Crippen LogP contribution in [0.4, 0.5) is 0 Å². The topological polar surface area (TPSA) is 104 Å². The Kier molecular flexibility index (Phi) is 4.08. The van der Waals surface area contributed by atoms with Gasteiger partial charge in [0, 0.05) is 6.07 Å². The average Bonchev–Trinajstić information content (AvgIpc) is 2.45. The highest BCUT2D eigenvalue weighted by molar-refractivity contribution is 5.99. The fourth-order valence-corrected chi connectivity index (χ4v) is 1.68. The standard InChI is InChI=1S/C15H12O6/c16-10-3-6-12(13(17)7-10)14(18)8-21-11-4-1-9(2-5-11)15(19)20/h1-7,16-17H,8H2,(H,19,20). The lowest BCUT2D eigenvalue weighted by Crippen LogP contribution is -2.11. The van der Waals surface area contributed by atoms with Crippen LogP contribution in [0.15, 0.2) is 42.5 Å². The van der Waals surface area contributed by atoms with E-state index in [4.69, 9.17) is 14.9 Å². The first-order valence-corrected chi connectivity index (χ1v) is 5.98. The molecule has 6 nitrogen and oxygen atoms in total. The smallest absolute Gasteiger partial charge is 0.335 e. The highest BCUT2D eigenvalue weighted by Crippen LogP contribution is 2.23. The van der Waals surface area contributed by atoms with Crippen molar-refractivity contribution in [3.63, 3.8) is 0 Å². The number of ether oxygens (including phenoxy) is 1. The summed E-state index contributed by atoms with van der Waals surface area (Å²) in [7, 11) is 0. The van der Waals surface area contributed by atoms with Crippen molar-refractivity contribution in [2.24, 2.45) is 0 Å². The summed E-state index contributed by atoms with van der Waals surface area (Å²) >= 11 is 0. The molecule has 0 atom stereocenters. The zero-order valence-corrected chi connectivity index (χ0v) is 10.8. The van der Waals surface area contributed by atoms with E-state index in [9.17, 15) is 14.7 Å². The van der Waals surface area contributed by atoms with Gasteiger partial charge in [0.15, 0.2) is 6.61 Å². The predicted molar refractivity (Wildman–Crippen MR) is 73.0 cm³/mol. The number of phenols is 2. The SMILES string of the molecule is O=C(O)c1ccc(OCC(=O)c2ccc(O)cc2O)cc1. The molecule has 0 aromatic heterocycles. The Morgan fingerprint density at radius 3 is 2.24 bits per heavy atom. The van der Waals surface area contributed by atoms with Crippen LogP contribution < -0.4 is 4.74 Å². The van der Waals surface area contributed by atoms with Crippen LogP contribution in [0.3, 0.4) is 0 Å². The molecule has 0 spiro atoms. The molecule has 0 aliphatic rings. The second kappa shape index (κ2) is 5.96. The summed E-state index contributed by atoms with van der Waals surface area (Å²) in [5.74, 6) is -1.65. The molecular weight excluding hydrogens is 276 g/mol. The van der Waals surface area contributed by atoms with Crippen molar-refractivity contribution >= 4 is 11.8 Å². The molecule has 0 bridgehead atoms. The zero-order chi connectivity index (χ0) is 15.4. The Bertz CT molecular complexity index is 675. The van der Waals surface area contributed by atoms with Crippen LogP contribution in [0.1, 0.15) is 20.7 Å². The molecule has 108 valence electrons. The number of hydrogen-bond donors (Lipinski definition) is 3. The molecule has 0 heterocycles. The number of rotatable bonds is 5. The van der Waals surface area contributed by atoms with Crippen molar-refractivity contribution in [2.75, 3.05) is 6.61 Å². The van der Waals surface area contributed by atoms with Crippen molar-refractivity contribution in [2.45, 2.75) is 0 Å². The van der Waals surface area contributed by atoms with E-state index in [0.29, 0.717) is 5.75 Å². The minimum Gasteiger partial charge on any atom is -0.508 e. The van der Waals surface area contributed by atoms with E-state index in [0.717, 1.165) is 6.07 Å². The molecule has 0 radical (unpaired) electrons. The molecule has 21 heavy (non-hydrogen) atoms. The third-order valence-corrected chi connectivity index (χ3v) is 2.75. The minimum absolute atomic E-state index is 0.0370. The molecule has 0 saturated heterocycles. The van der Waals surface area contributed by atoms with Gasteiger partial charge in [0.25, 0.3) is 0 Å². The number of benzene rings is 2. The number of aromatic hydroxyl groups is 2. The van der Waals surface area contributed by atoms with Gasteiger partial charge in [-0.15, -0.1) is 0 Å². The van der Waals surface area contributed by atoms with Crippen molar-refractivity contribution in [1.29, 1.82) is 0 Å². The van der Waals surface area contributed by atoms with Gasteiger partial charge in [0.05, 0.1) is 11.1 Å². The average molecular weight is 288 g/mol. The molecular formula is C15H12O6. The molecule has 0 saturated carbocycles. The molecule has 0 aliphatic carbocycles. The highest BCUT2D eigenvalue weighted by Gasteiger charge is 2.12. The number of hydrogen-bond acceptors (Lipinski definition) is 5. The van der Waals surface area contributed by atoms with Gasteiger partial charge < -0.3 is 20.1 Å². The van der Waals surface area contributed by atoms with E-state index in [2.05, 4.69) is 0 Å². The molecule has 2 rings (SSSR count). The largest absolute Gasteiger partial charge is 0.508 e. The second-order valence-electron chi connectivity index (χ2n) is 4.24. The van der Waals surface area contributed by atoms with Gasteiger partial charge in [0.1, 0.15) is 17.2 Å². The lowest BCUT2D eigenvalue weighted by molar-refractivity contribution is 0.0696. The van der Waals surface area contributed by atoms with Crippen molar-refractivity contribution in [3.8, 4) is 17.2 Å². The third kappa shape index (κ3) is 3.50. The van der Waals surface area contributed by atoms with Gasteiger partial charge in [0.2, 0.25) is 5.78 Å². The molecule has 0 aliphatic heterocycles. The van der Waals surface area contributed by atoms with E-state index < -0.39 is 11.8 Å². The van der Waals surface area contributed by atoms with Gasteiger partial charge in [-0.05, 0) is 36.4 Å². The summed E-state index contributed by atoms with van der Waals surface area (Å²) in [6.07, 6.45) is 0. The lowest BCUT2D eigenvalue weighted by Gasteiger charge is -2.07. The molecule has 0 fully saturated rings. The Morgan fingerprint density at radius 1 is 1.00 bits per heavy atom. The number of carboxylic acid groups (broad SMARTS) is 1. The fraction of sp³-hybridized carbons (Fsp3) is 0.0667. The maximum absolute atomic E-state index is 11.9. The van der Waals surface area contributed by atoms with E-state index in [1.165, 1.54) is 36.4 Å². The number of carbonyl (C=O) groups excluding carboxylic acids is 1. The number of aromatic carboxylic acids is 1. The van der Waals surface area contributed by atoms with Crippen LogP contribution in [-0.4, -0.2) is 33.7 Å². The number of carbonyl (C=O) groups is 2. The first kappa shape index (κ1) is 14.4. The third-order valence-electron chi connectivity index (χ3n) is 2.75. The summed E-state index contributed by atoms with van der Waals surface area (Å²) in [4.78, 5) is 22.5. The number of carboxylic acids is 1. The summed E-state index contributed by atoms with van der Waals surface area (Å²) in [6.45, 7) is -0.315. The van der Waals surface area contributed by atoms with Gasteiger partial charge >= 0.3 is 5.97 Å². The van der Waals surface area contributed by atoms with Crippen LogP contribution >= 0.6 is 0 Å². The van der Waals surface area contributed by atoms with Gasteiger partial charge in [-0.2, -0.15) is 0 Å². The fourth-order valence-electron chi connectivity index (χ4n) is 1.68. The number of ketones is 1. The quantitative estimate of drug-likeness (QED) is 0.727. The maximum Gasteiger partial charge on any atom is 0.335 e. The first-order valence-electron chi connectivity index (χ1n) is 5.98. The molecule has 2 aromatic rings. The van der Waals surface area contributed by atoms with E-state index in [-0.39, 0.29) is 29.2 Å². The summed E-state index contributed by atoms with van der Waals surface area (Å²) < 4.78 is 5.23. The Labute approximate surface area is 119 Å². The zero-order valence-electron chi connectivity index (χ0n) is 10.8. The van der Waals surface area contributed by atoms with E-state index in [1.807, 2.05) is 0 Å². The monoisotopic (exact) mass is 288 g/mol. The summed E-state index contributed by atoms with van der Waals surface area (Å²) in [5, 5.41) is 27.5. The van der Waals surface area contributed by atoms with E-state index >= 15 is 0 Å². The Hall–Kier alpha value is -3.02. The summed E-state index contributed by atoms with van der Waals surface area (Å²) in [5.41, 5.74) is 0.153. The van der Waals surface area contributed by atoms with Crippen molar-refractivity contribution in [3.05, 3.63) is 53.6 Å². The molecule has 0 amide bonds. The van der Waals surface area contributed by atoms with Gasteiger partial charge in [-0.3, -0.25) is 4.79 Å². The van der Waals surface area contributed by atoms with Gasteiger partial charge in [-0.25, -0.2) is 4.79 Å². The molecule has 6 heteroatoms. The van der Waals surface area contributed by atoms with Gasteiger partial charge in [-0.1, -0.05) is 0 Å². The highest BCUT2D eigenvalue weighted by atomic mass is 16.5. The molecule has 2 aromatic carbocycles. The number of phenolic OH excluding ortho intramolecular Hbond substituents is 2. The first-order chi connectivity index (χ1) is 9.97. The Balaban J connectivity index is 2.02. The normalized spacial score (nSPS) is 10.1. The summed E-state index contributed by atoms with van der Waals surface area (Å²) in [6, 6.07) is 9.24. The number of Topliss-reactive ketones (excluding diaryl/α,β-unsaturated/α-hetero) is 1. The van der Waals surface area contributed by atoms with Crippen LogP contribution in [0.5, 0.6) is 17.2 Å². The second-order valence-corrected chi connectivity index (χ2v) is 4.24. The van der Waals surface area contributed by atoms with E-state index in [1.54, 1.807) is 0 Å². The Morgan fingerprint density at radius 2 is 1.67 bits per heavy atom. The molecule has 0 unspecified atom stereocenters. The maximum atomic E-state index is 11.9. The van der Waals surface area contributed by atoms with Crippen molar-refractivity contribution in [1.82, 2.24) is 0 Å². The van der Waals surface area contributed by atoms with Crippen LogP contribution in [0.2, 0.25) is 0 Å². The minimum atomic E-state index is -1.05. The van der Waals surface area contributed by atoms with Crippen LogP contribution in [0.25, 0.3) is 0 Å². The van der Waals surface area contributed by atoms with Crippen LogP contribution in [-0.2, 0) is 0 Å². The predicted octanol–water partition coefficient (Wildman–Crippen LogP) is 2.06. The van der Waals surface area contributed by atoms with Crippen molar-refractivity contribution < 1.29 is 29.6 Å². The molecule has 3 N–H and O–H groups in total. The lowest BCUT2D eigenvalue weighted by atomic mass is 10.1. The van der Waals surface area contributed by atoms with Crippen LogP contribution in [0, 0.1) is 0 Å².